The smallest absolute Gasteiger partial charge is 0.335 e. The van der Waals surface area contributed by atoms with Crippen molar-refractivity contribution in [3.8, 4) is 11.8 Å². The minimum absolute atomic E-state index is 0.167. The zero-order valence-electron chi connectivity index (χ0n) is 17.0. The first-order valence-electron chi connectivity index (χ1n) is 9.90. The van der Waals surface area contributed by atoms with Gasteiger partial charge >= 0.3 is 5.97 Å². The second kappa shape index (κ2) is 9.38. The third kappa shape index (κ3) is 4.49. The number of allylic oxidation sites excluding steroid dienone is 1. The number of nitriles is 1. The van der Waals surface area contributed by atoms with Gasteiger partial charge in [0, 0.05) is 16.1 Å². The summed E-state index contributed by atoms with van der Waals surface area (Å²) in [5.41, 5.74) is 2.83. The van der Waals surface area contributed by atoms with Crippen LogP contribution in [0.5, 0.6) is 5.75 Å². The van der Waals surface area contributed by atoms with Crippen molar-refractivity contribution in [2.75, 3.05) is 0 Å². The van der Waals surface area contributed by atoms with Gasteiger partial charge in [-0.25, -0.2) is 4.79 Å². The van der Waals surface area contributed by atoms with Crippen molar-refractivity contribution < 1.29 is 14.6 Å². The first kappa shape index (κ1) is 21.2. The molecule has 0 saturated heterocycles. The average Bonchev–Trinajstić information content (AvgIpc) is 2.82. The molecule has 0 amide bonds. The first-order chi connectivity index (χ1) is 15.6. The van der Waals surface area contributed by atoms with E-state index in [-0.39, 0.29) is 12.2 Å². The maximum Gasteiger partial charge on any atom is 0.335 e. The third-order valence-corrected chi connectivity index (χ3v) is 5.49. The lowest BCUT2D eigenvalue weighted by Gasteiger charge is -2.13. The van der Waals surface area contributed by atoms with E-state index in [1.54, 1.807) is 18.2 Å². The number of hydrogen-bond acceptors (Lipinski definition) is 3. The number of carboxylic acids is 1. The maximum absolute atomic E-state index is 11.1. The van der Waals surface area contributed by atoms with Crippen LogP contribution in [0.2, 0.25) is 5.02 Å². The fourth-order valence-corrected chi connectivity index (χ4v) is 3.63. The first-order valence-corrected chi connectivity index (χ1v) is 10.3. The van der Waals surface area contributed by atoms with Crippen molar-refractivity contribution in [3.05, 3.63) is 112 Å². The summed E-state index contributed by atoms with van der Waals surface area (Å²) >= 11 is 6.27. The SMILES string of the molecule is N#C/C(=C/c1c(OCc2ccccc2Cl)ccc2ccccc12)c1ccc(C(=O)O)cc1. The molecule has 0 bridgehead atoms. The van der Waals surface area contributed by atoms with Gasteiger partial charge in [0.2, 0.25) is 0 Å². The Bertz CT molecular complexity index is 1370. The van der Waals surface area contributed by atoms with Crippen LogP contribution in [0.1, 0.15) is 27.0 Å². The Labute approximate surface area is 190 Å². The fourth-order valence-electron chi connectivity index (χ4n) is 3.44. The molecule has 0 radical (unpaired) electrons. The Balaban J connectivity index is 1.78. The van der Waals surface area contributed by atoms with Crippen LogP contribution in [0, 0.1) is 11.3 Å². The summed E-state index contributed by atoms with van der Waals surface area (Å²) in [5, 5.41) is 21.5. The van der Waals surface area contributed by atoms with E-state index in [1.807, 2.05) is 60.7 Å². The van der Waals surface area contributed by atoms with Crippen LogP contribution in [-0.2, 0) is 6.61 Å². The minimum atomic E-state index is -1.01. The number of carbonyl (C=O) groups is 1. The molecule has 4 nitrogen and oxygen atoms in total. The minimum Gasteiger partial charge on any atom is -0.488 e. The van der Waals surface area contributed by atoms with E-state index in [4.69, 9.17) is 21.4 Å². The molecule has 4 aromatic carbocycles. The van der Waals surface area contributed by atoms with Crippen molar-refractivity contribution >= 4 is 40.0 Å². The summed E-state index contributed by atoms with van der Waals surface area (Å²) in [5.74, 6) is -0.387. The Morgan fingerprint density at radius 3 is 2.34 bits per heavy atom. The molecule has 4 aromatic rings. The Hall–Kier alpha value is -4.07. The highest BCUT2D eigenvalue weighted by Crippen LogP contribution is 2.33. The van der Waals surface area contributed by atoms with Gasteiger partial charge in [0.15, 0.2) is 0 Å². The molecular formula is C27H18ClNO3. The normalized spacial score (nSPS) is 11.2. The van der Waals surface area contributed by atoms with Gasteiger partial charge in [0.25, 0.3) is 0 Å². The number of nitrogens with zero attached hydrogens (tertiary/aromatic N) is 1. The van der Waals surface area contributed by atoms with Crippen molar-refractivity contribution in [3.63, 3.8) is 0 Å². The molecule has 32 heavy (non-hydrogen) atoms. The summed E-state index contributed by atoms with van der Waals surface area (Å²) in [6.45, 7) is 0.286. The van der Waals surface area contributed by atoms with E-state index in [2.05, 4.69) is 6.07 Å². The molecule has 0 aliphatic rings. The predicted octanol–water partition coefficient (Wildman–Crippen LogP) is 6.83. The lowest BCUT2D eigenvalue weighted by Crippen LogP contribution is -1.99. The van der Waals surface area contributed by atoms with Crippen molar-refractivity contribution in [1.82, 2.24) is 0 Å². The molecule has 156 valence electrons. The van der Waals surface area contributed by atoms with Gasteiger partial charge in [-0.2, -0.15) is 5.26 Å². The van der Waals surface area contributed by atoms with Crippen LogP contribution in [0.15, 0.2) is 84.9 Å². The summed E-state index contributed by atoms with van der Waals surface area (Å²) < 4.78 is 6.13. The highest BCUT2D eigenvalue weighted by atomic mass is 35.5. The van der Waals surface area contributed by atoms with Crippen LogP contribution in [0.25, 0.3) is 22.4 Å². The second-order valence-electron chi connectivity index (χ2n) is 7.13. The predicted molar refractivity (Wildman–Crippen MR) is 127 cm³/mol. The molecule has 5 heteroatoms. The largest absolute Gasteiger partial charge is 0.488 e. The molecular weight excluding hydrogens is 422 g/mol. The molecule has 4 rings (SSSR count). The average molecular weight is 440 g/mol. The monoisotopic (exact) mass is 439 g/mol. The zero-order valence-corrected chi connectivity index (χ0v) is 17.7. The molecule has 0 aliphatic heterocycles. The van der Waals surface area contributed by atoms with Crippen LogP contribution in [0.3, 0.4) is 0 Å². The highest BCUT2D eigenvalue weighted by Gasteiger charge is 2.11. The summed E-state index contributed by atoms with van der Waals surface area (Å²) in [4.78, 5) is 11.1. The van der Waals surface area contributed by atoms with Crippen molar-refractivity contribution in [2.24, 2.45) is 0 Å². The quantitative estimate of drug-likeness (QED) is 0.264. The van der Waals surface area contributed by atoms with E-state index >= 15 is 0 Å². The number of aromatic carboxylic acids is 1. The van der Waals surface area contributed by atoms with Crippen molar-refractivity contribution in [1.29, 1.82) is 5.26 Å². The summed E-state index contributed by atoms with van der Waals surface area (Å²) in [7, 11) is 0. The highest BCUT2D eigenvalue weighted by molar-refractivity contribution is 6.31. The van der Waals surface area contributed by atoms with E-state index in [1.165, 1.54) is 12.1 Å². The molecule has 0 saturated carbocycles. The number of fused-ring (bicyclic) bond motifs is 1. The molecule has 0 atom stereocenters. The van der Waals surface area contributed by atoms with Crippen LogP contribution >= 0.6 is 11.6 Å². The van der Waals surface area contributed by atoms with Crippen LogP contribution in [0.4, 0.5) is 0 Å². The molecule has 0 heterocycles. The maximum atomic E-state index is 11.1. The van der Waals surface area contributed by atoms with Crippen molar-refractivity contribution in [2.45, 2.75) is 6.61 Å². The second-order valence-corrected chi connectivity index (χ2v) is 7.54. The van der Waals surface area contributed by atoms with E-state index in [0.717, 1.165) is 21.9 Å². The van der Waals surface area contributed by atoms with E-state index in [9.17, 15) is 10.1 Å². The van der Waals surface area contributed by atoms with Gasteiger partial charge in [-0.05, 0) is 46.7 Å². The Kier molecular flexibility index (Phi) is 6.21. The van der Waals surface area contributed by atoms with Crippen LogP contribution < -0.4 is 4.74 Å². The molecule has 0 unspecified atom stereocenters. The standard InChI is InChI=1S/C27H18ClNO3/c28-25-8-4-2-6-21(25)17-32-26-14-13-19-5-1-3-7-23(19)24(26)15-22(16-29)18-9-11-20(12-10-18)27(30)31/h1-15H,17H2,(H,30,31)/b22-15-. The van der Waals surface area contributed by atoms with Gasteiger partial charge in [0.05, 0.1) is 17.2 Å². The molecule has 0 aromatic heterocycles. The number of rotatable bonds is 6. The van der Waals surface area contributed by atoms with Gasteiger partial charge in [0.1, 0.15) is 12.4 Å². The molecule has 0 aliphatic carbocycles. The fraction of sp³-hybridized carbons (Fsp3) is 0.0370. The van der Waals surface area contributed by atoms with E-state index in [0.29, 0.717) is 21.9 Å². The van der Waals surface area contributed by atoms with Gasteiger partial charge in [-0.1, -0.05) is 72.3 Å². The van der Waals surface area contributed by atoms with Gasteiger partial charge in [-0.15, -0.1) is 0 Å². The summed E-state index contributed by atoms with van der Waals surface area (Å²) in [6.07, 6.45) is 1.78. The number of carboxylic acid groups (broad SMARTS) is 1. The molecule has 1 N–H and O–H groups in total. The lowest BCUT2D eigenvalue weighted by atomic mass is 9.98. The number of hydrogen-bond donors (Lipinski definition) is 1. The third-order valence-electron chi connectivity index (χ3n) is 5.12. The van der Waals surface area contributed by atoms with Gasteiger partial charge in [-0.3, -0.25) is 0 Å². The van der Waals surface area contributed by atoms with E-state index < -0.39 is 5.97 Å². The van der Waals surface area contributed by atoms with Crippen LogP contribution in [-0.4, -0.2) is 11.1 Å². The molecule has 0 spiro atoms. The summed E-state index contributed by atoms with van der Waals surface area (Å²) in [6, 6.07) is 27.7. The van der Waals surface area contributed by atoms with Gasteiger partial charge < -0.3 is 9.84 Å². The Morgan fingerprint density at radius 2 is 1.62 bits per heavy atom. The zero-order chi connectivity index (χ0) is 22.5. The number of ether oxygens (including phenoxy) is 1. The number of benzene rings is 4. The molecule has 0 fully saturated rings. The lowest BCUT2D eigenvalue weighted by molar-refractivity contribution is 0.0697. The Morgan fingerprint density at radius 1 is 0.938 bits per heavy atom. The number of halogens is 1. The topological polar surface area (TPSA) is 70.3 Å².